The van der Waals surface area contributed by atoms with Gasteiger partial charge < -0.3 is 4.42 Å². The van der Waals surface area contributed by atoms with Gasteiger partial charge in [-0.25, -0.2) is 4.79 Å². The first-order valence-electron chi connectivity index (χ1n) is 6.89. The third-order valence-electron chi connectivity index (χ3n) is 3.51. The number of Topliss-reactive ketones (excluding diaryl/α,β-unsaturated/α-hetero) is 1. The summed E-state index contributed by atoms with van der Waals surface area (Å²) in [5, 5.41) is 0. The number of fused-ring (bicyclic) bond motifs is 1. The van der Waals surface area contributed by atoms with Crippen LogP contribution in [0.15, 0.2) is 57.7 Å². The fourth-order valence-electron chi connectivity index (χ4n) is 2.42. The number of aryl methyl sites for hydroxylation is 1. The summed E-state index contributed by atoms with van der Waals surface area (Å²) in [5.41, 5.74) is 2.71. The molecular weight excluding hydrogens is 266 g/mol. The molecule has 0 aliphatic rings. The first-order chi connectivity index (χ1) is 10.2. The Balaban J connectivity index is 1.94. The minimum Gasteiger partial charge on any atom is -0.408 e. The van der Waals surface area contributed by atoms with Crippen LogP contribution in [0.1, 0.15) is 22.8 Å². The standard InChI is InChI=1S/C17H15NO3/c1-2-18-14-9-8-13(11-16(14)21-17(18)20)15(19)10-12-6-4-3-5-7-12/h3-9,11H,2,10H2,1H3. The van der Waals surface area contributed by atoms with E-state index in [1.807, 2.05) is 37.3 Å². The Kier molecular flexibility index (Phi) is 3.44. The largest absolute Gasteiger partial charge is 0.419 e. The van der Waals surface area contributed by atoms with E-state index in [0.29, 0.717) is 24.1 Å². The summed E-state index contributed by atoms with van der Waals surface area (Å²) in [6.07, 6.45) is 0.338. The molecule has 1 aromatic heterocycles. The second-order valence-corrected chi connectivity index (χ2v) is 4.88. The van der Waals surface area contributed by atoms with Gasteiger partial charge in [0.05, 0.1) is 5.52 Å². The van der Waals surface area contributed by atoms with Gasteiger partial charge in [0.25, 0.3) is 0 Å². The van der Waals surface area contributed by atoms with Crippen molar-refractivity contribution in [3.05, 3.63) is 70.2 Å². The summed E-state index contributed by atoms with van der Waals surface area (Å²) < 4.78 is 6.73. The zero-order valence-corrected chi connectivity index (χ0v) is 11.7. The molecule has 106 valence electrons. The van der Waals surface area contributed by atoms with Gasteiger partial charge in [-0.1, -0.05) is 30.3 Å². The minimum absolute atomic E-state index is 0.00926. The molecule has 21 heavy (non-hydrogen) atoms. The van der Waals surface area contributed by atoms with Gasteiger partial charge in [0, 0.05) is 18.5 Å². The quantitative estimate of drug-likeness (QED) is 0.691. The van der Waals surface area contributed by atoms with E-state index in [1.165, 1.54) is 0 Å². The van der Waals surface area contributed by atoms with Crippen molar-refractivity contribution in [2.75, 3.05) is 0 Å². The average Bonchev–Trinajstić information content (AvgIpc) is 2.82. The Bertz CT molecular complexity index is 843. The van der Waals surface area contributed by atoms with Crippen LogP contribution in [0, 0.1) is 0 Å². The lowest BCUT2D eigenvalue weighted by molar-refractivity contribution is 0.0993. The highest BCUT2D eigenvalue weighted by atomic mass is 16.4. The van der Waals surface area contributed by atoms with Crippen molar-refractivity contribution in [3.63, 3.8) is 0 Å². The van der Waals surface area contributed by atoms with E-state index < -0.39 is 0 Å². The smallest absolute Gasteiger partial charge is 0.408 e. The van der Waals surface area contributed by atoms with Crippen LogP contribution in [0.4, 0.5) is 0 Å². The fourth-order valence-corrected chi connectivity index (χ4v) is 2.42. The maximum absolute atomic E-state index is 12.3. The number of ketones is 1. The SMILES string of the molecule is CCn1c(=O)oc2cc(C(=O)Cc3ccccc3)ccc21. The Morgan fingerprint density at radius 2 is 1.90 bits per heavy atom. The highest BCUT2D eigenvalue weighted by molar-refractivity contribution is 5.99. The third-order valence-corrected chi connectivity index (χ3v) is 3.51. The highest BCUT2D eigenvalue weighted by Gasteiger charge is 2.12. The topological polar surface area (TPSA) is 52.2 Å². The van der Waals surface area contributed by atoms with E-state index in [2.05, 4.69) is 0 Å². The van der Waals surface area contributed by atoms with Crippen LogP contribution in [0.2, 0.25) is 0 Å². The number of oxazole rings is 1. The molecule has 0 saturated carbocycles. The molecule has 0 atom stereocenters. The van der Waals surface area contributed by atoms with E-state index in [1.54, 1.807) is 22.8 Å². The van der Waals surface area contributed by atoms with Crippen LogP contribution in [-0.2, 0) is 13.0 Å². The lowest BCUT2D eigenvalue weighted by atomic mass is 10.0. The zero-order valence-electron chi connectivity index (χ0n) is 11.7. The summed E-state index contributed by atoms with van der Waals surface area (Å²) in [5.74, 6) is -0.379. The number of carbonyl (C=O) groups excluding carboxylic acids is 1. The van der Waals surface area contributed by atoms with Gasteiger partial charge in [-0.15, -0.1) is 0 Å². The van der Waals surface area contributed by atoms with Crippen molar-refractivity contribution in [3.8, 4) is 0 Å². The number of hydrogen-bond donors (Lipinski definition) is 0. The molecule has 0 amide bonds. The fraction of sp³-hybridized carbons (Fsp3) is 0.176. The molecule has 0 aliphatic heterocycles. The van der Waals surface area contributed by atoms with Gasteiger partial charge in [0.2, 0.25) is 0 Å². The van der Waals surface area contributed by atoms with Crippen molar-refractivity contribution >= 4 is 16.9 Å². The van der Waals surface area contributed by atoms with Crippen LogP contribution in [-0.4, -0.2) is 10.4 Å². The highest BCUT2D eigenvalue weighted by Crippen LogP contribution is 2.17. The number of rotatable bonds is 4. The molecule has 0 saturated heterocycles. The van der Waals surface area contributed by atoms with Gasteiger partial charge >= 0.3 is 5.76 Å². The van der Waals surface area contributed by atoms with E-state index >= 15 is 0 Å². The van der Waals surface area contributed by atoms with Crippen LogP contribution in [0.5, 0.6) is 0 Å². The van der Waals surface area contributed by atoms with Crippen LogP contribution in [0.3, 0.4) is 0 Å². The Labute approximate surface area is 121 Å². The lowest BCUT2D eigenvalue weighted by Gasteiger charge is -2.02. The Morgan fingerprint density at radius 3 is 2.62 bits per heavy atom. The van der Waals surface area contributed by atoms with Gasteiger partial charge in [-0.3, -0.25) is 9.36 Å². The number of aromatic nitrogens is 1. The molecular formula is C17H15NO3. The van der Waals surface area contributed by atoms with Crippen molar-refractivity contribution in [2.45, 2.75) is 19.9 Å². The minimum atomic E-state index is -0.389. The summed E-state index contributed by atoms with van der Waals surface area (Å²) in [7, 11) is 0. The van der Waals surface area contributed by atoms with E-state index in [4.69, 9.17) is 4.42 Å². The van der Waals surface area contributed by atoms with Crippen molar-refractivity contribution in [2.24, 2.45) is 0 Å². The van der Waals surface area contributed by atoms with Gasteiger partial charge in [0.15, 0.2) is 11.4 Å². The Morgan fingerprint density at radius 1 is 1.14 bits per heavy atom. The second kappa shape index (κ2) is 5.40. The molecule has 0 spiro atoms. The first kappa shape index (κ1) is 13.4. The van der Waals surface area contributed by atoms with Gasteiger partial charge in [-0.05, 0) is 30.7 Å². The molecule has 3 aromatic rings. The van der Waals surface area contributed by atoms with E-state index in [9.17, 15) is 9.59 Å². The maximum atomic E-state index is 12.3. The van der Waals surface area contributed by atoms with E-state index in [-0.39, 0.29) is 11.5 Å². The number of benzene rings is 2. The summed E-state index contributed by atoms with van der Waals surface area (Å²) in [6.45, 7) is 2.42. The molecule has 0 radical (unpaired) electrons. The maximum Gasteiger partial charge on any atom is 0.419 e. The normalized spacial score (nSPS) is 10.9. The van der Waals surface area contributed by atoms with Crippen LogP contribution >= 0.6 is 0 Å². The summed E-state index contributed by atoms with van der Waals surface area (Å²) >= 11 is 0. The molecule has 0 unspecified atom stereocenters. The van der Waals surface area contributed by atoms with Crippen molar-refractivity contribution < 1.29 is 9.21 Å². The molecule has 2 aromatic carbocycles. The second-order valence-electron chi connectivity index (χ2n) is 4.88. The predicted molar refractivity (Wildman–Crippen MR) is 80.6 cm³/mol. The van der Waals surface area contributed by atoms with Crippen molar-refractivity contribution in [1.29, 1.82) is 0 Å². The number of hydrogen-bond acceptors (Lipinski definition) is 3. The van der Waals surface area contributed by atoms with Crippen LogP contribution < -0.4 is 5.76 Å². The Hall–Kier alpha value is -2.62. The third kappa shape index (κ3) is 2.52. The van der Waals surface area contributed by atoms with Crippen LogP contribution in [0.25, 0.3) is 11.1 Å². The van der Waals surface area contributed by atoms with Gasteiger partial charge in [-0.2, -0.15) is 0 Å². The molecule has 4 heteroatoms. The molecule has 3 rings (SSSR count). The molecule has 0 aliphatic carbocycles. The average molecular weight is 281 g/mol. The number of nitrogens with zero attached hydrogens (tertiary/aromatic N) is 1. The zero-order chi connectivity index (χ0) is 14.8. The predicted octanol–water partition coefficient (Wildman–Crippen LogP) is 3.04. The first-order valence-corrected chi connectivity index (χ1v) is 6.89. The summed E-state index contributed by atoms with van der Waals surface area (Å²) in [6, 6.07) is 14.7. The van der Waals surface area contributed by atoms with E-state index in [0.717, 1.165) is 11.1 Å². The summed E-state index contributed by atoms with van der Waals surface area (Å²) in [4.78, 5) is 23.9. The van der Waals surface area contributed by atoms with Crippen molar-refractivity contribution in [1.82, 2.24) is 4.57 Å². The molecule has 0 bridgehead atoms. The molecule has 0 fully saturated rings. The molecule has 0 N–H and O–H groups in total. The number of carbonyl (C=O) groups is 1. The lowest BCUT2D eigenvalue weighted by Crippen LogP contribution is -2.12. The molecule has 1 heterocycles. The monoisotopic (exact) mass is 281 g/mol. The molecule has 4 nitrogen and oxygen atoms in total. The van der Waals surface area contributed by atoms with Gasteiger partial charge in [0.1, 0.15) is 0 Å².